The summed E-state index contributed by atoms with van der Waals surface area (Å²) in [6.07, 6.45) is 1.95. The van der Waals surface area contributed by atoms with E-state index in [1.54, 1.807) is 17.0 Å². The lowest BCUT2D eigenvalue weighted by Crippen LogP contribution is -2.28. The second kappa shape index (κ2) is 7.41. The summed E-state index contributed by atoms with van der Waals surface area (Å²) in [5, 5.41) is 10.3. The Morgan fingerprint density at radius 1 is 1.19 bits per heavy atom. The largest absolute Gasteiger partial charge is 0.508 e. The van der Waals surface area contributed by atoms with Crippen LogP contribution in [0.15, 0.2) is 40.2 Å². The zero-order valence-electron chi connectivity index (χ0n) is 15.5. The van der Waals surface area contributed by atoms with Crippen molar-refractivity contribution in [3.63, 3.8) is 0 Å². The van der Waals surface area contributed by atoms with Crippen molar-refractivity contribution in [2.45, 2.75) is 27.7 Å². The van der Waals surface area contributed by atoms with E-state index in [2.05, 4.69) is 15.6 Å². The third-order valence-corrected chi connectivity index (χ3v) is 5.41. The van der Waals surface area contributed by atoms with Crippen LogP contribution in [0.2, 0.25) is 0 Å². The van der Waals surface area contributed by atoms with E-state index >= 15 is 0 Å². The minimum absolute atomic E-state index is 0.0131. The van der Waals surface area contributed by atoms with Gasteiger partial charge < -0.3 is 9.67 Å². The van der Waals surface area contributed by atoms with Crippen LogP contribution >= 0.6 is 11.8 Å². The van der Waals surface area contributed by atoms with E-state index in [1.807, 2.05) is 45.9 Å². The van der Waals surface area contributed by atoms with Gasteiger partial charge in [-0.3, -0.25) is 14.7 Å². The van der Waals surface area contributed by atoms with Gasteiger partial charge in [0, 0.05) is 30.2 Å². The Morgan fingerprint density at radius 3 is 2.50 bits per heavy atom. The molecule has 0 unspecified atom stereocenters. The van der Waals surface area contributed by atoms with Gasteiger partial charge in [-0.15, -0.1) is 0 Å². The smallest absolute Gasteiger partial charge is 0.266 e. The number of nitrogens with zero attached hydrogens (tertiary/aromatic N) is 3. The number of aromatic hydroxyl groups is 1. The number of phenolic OH excluding ortho intramolecular Hbond substituents is 1. The third kappa shape index (κ3) is 3.29. The number of phenols is 1. The average Bonchev–Trinajstić information content (AvgIpc) is 3.06. The lowest BCUT2D eigenvalue weighted by Gasteiger charge is -2.11. The van der Waals surface area contributed by atoms with E-state index in [1.165, 1.54) is 11.8 Å². The second-order valence-corrected chi connectivity index (χ2v) is 7.10. The van der Waals surface area contributed by atoms with Gasteiger partial charge in [0.1, 0.15) is 5.75 Å². The van der Waals surface area contributed by atoms with Crippen LogP contribution in [-0.2, 0) is 4.79 Å². The molecule has 1 N–H and O–H groups in total. The number of thioether (sulfide) groups is 1. The molecule has 0 spiro atoms. The van der Waals surface area contributed by atoms with Crippen molar-refractivity contribution < 1.29 is 9.90 Å². The summed E-state index contributed by atoms with van der Waals surface area (Å²) in [6.45, 7) is 9.29. The Bertz CT molecular complexity index is 895. The number of carbonyl (C=O) groups is 1. The molecule has 6 heteroatoms. The van der Waals surface area contributed by atoms with Gasteiger partial charge in [0.2, 0.25) is 0 Å². The molecule has 0 atom stereocenters. The highest BCUT2D eigenvalue weighted by atomic mass is 32.2. The predicted molar refractivity (Wildman–Crippen MR) is 108 cm³/mol. The summed E-state index contributed by atoms with van der Waals surface area (Å²) in [5.41, 5.74) is 4.12. The number of likely N-dealkylation sites (N-methyl/N-ethyl adjacent to an activating group) is 1. The Labute approximate surface area is 158 Å². The van der Waals surface area contributed by atoms with Crippen LogP contribution < -0.4 is 0 Å². The summed E-state index contributed by atoms with van der Waals surface area (Å²) in [7, 11) is 0. The van der Waals surface area contributed by atoms with Crippen molar-refractivity contribution in [2.75, 3.05) is 13.1 Å². The molecule has 1 amide bonds. The van der Waals surface area contributed by atoms with Gasteiger partial charge in [-0.1, -0.05) is 0 Å². The monoisotopic (exact) mass is 369 g/mol. The number of aryl methyl sites for hydroxylation is 1. The van der Waals surface area contributed by atoms with E-state index in [-0.39, 0.29) is 11.7 Å². The molecule has 1 aromatic carbocycles. The average molecular weight is 369 g/mol. The molecule has 3 rings (SSSR count). The van der Waals surface area contributed by atoms with Gasteiger partial charge in [-0.25, -0.2) is 0 Å². The van der Waals surface area contributed by atoms with E-state index in [9.17, 15) is 9.90 Å². The molecule has 0 bridgehead atoms. The number of hydrogen-bond donors (Lipinski definition) is 1. The first kappa shape index (κ1) is 18.3. The fourth-order valence-electron chi connectivity index (χ4n) is 3.11. The summed E-state index contributed by atoms with van der Waals surface area (Å²) in [6, 6.07) is 9.19. The normalized spacial score (nSPS) is 17.7. The van der Waals surface area contributed by atoms with Crippen LogP contribution in [0, 0.1) is 13.8 Å². The number of carbonyl (C=O) groups excluding carboxylic acids is 1. The van der Waals surface area contributed by atoms with Crippen molar-refractivity contribution in [3.8, 4) is 11.4 Å². The highest BCUT2D eigenvalue weighted by molar-refractivity contribution is 8.18. The topological polar surface area (TPSA) is 57.8 Å². The Morgan fingerprint density at radius 2 is 1.88 bits per heavy atom. The van der Waals surface area contributed by atoms with Crippen molar-refractivity contribution in [1.82, 2.24) is 9.47 Å². The maximum atomic E-state index is 12.7. The number of rotatable bonds is 4. The van der Waals surface area contributed by atoms with Gasteiger partial charge in [-0.05, 0) is 81.4 Å². The predicted octanol–water partition coefficient (Wildman–Crippen LogP) is 4.11. The van der Waals surface area contributed by atoms with Crippen LogP contribution in [0.4, 0.5) is 0 Å². The summed E-state index contributed by atoms with van der Waals surface area (Å²) < 4.78 is 2.12. The molecule has 2 heterocycles. The van der Waals surface area contributed by atoms with Crippen molar-refractivity contribution in [3.05, 3.63) is 52.2 Å². The van der Waals surface area contributed by atoms with Crippen LogP contribution in [0.5, 0.6) is 5.75 Å². The highest BCUT2D eigenvalue weighted by Gasteiger charge is 2.32. The van der Waals surface area contributed by atoms with Crippen molar-refractivity contribution >= 4 is 28.9 Å². The van der Waals surface area contributed by atoms with Gasteiger partial charge >= 0.3 is 0 Å². The van der Waals surface area contributed by atoms with E-state index in [0.717, 1.165) is 27.8 Å². The maximum absolute atomic E-state index is 12.7. The lowest BCUT2D eigenvalue weighted by molar-refractivity contribution is -0.122. The molecule has 136 valence electrons. The molecular formula is C20H23N3O2S. The molecular weight excluding hydrogens is 346 g/mol. The quantitative estimate of drug-likeness (QED) is 0.825. The van der Waals surface area contributed by atoms with Crippen LogP contribution in [-0.4, -0.2) is 38.7 Å². The second-order valence-electron chi connectivity index (χ2n) is 6.10. The van der Waals surface area contributed by atoms with E-state index in [0.29, 0.717) is 18.0 Å². The number of benzene rings is 1. The van der Waals surface area contributed by atoms with Crippen LogP contribution in [0.25, 0.3) is 11.8 Å². The zero-order chi connectivity index (χ0) is 18.8. The molecule has 1 aliphatic heterocycles. The number of aliphatic imine (C=N–C) groups is 1. The minimum Gasteiger partial charge on any atom is -0.508 e. The van der Waals surface area contributed by atoms with Gasteiger partial charge in [0.15, 0.2) is 5.17 Å². The lowest BCUT2D eigenvalue weighted by atomic mass is 10.2. The summed E-state index contributed by atoms with van der Waals surface area (Å²) in [4.78, 5) is 19.5. The molecule has 1 aliphatic rings. The van der Waals surface area contributed by atoms with Gasteiger partial charge in [0.05, 0.1) is 4.91 Å². The minimum atomic E-state index is 0.0131. The molecule has 2 aromatic rings. The first-order valence-electron chi connectivity index (χ1n) is 8.70. The standard InChI is InChI=1S/C20H23N3O2S/c1-5-21-20-22(6-2)19(25)18(26-20)12-15-11-13(3)23(14(15)4)16-7-9-17(24)10-8-16/h7-12,24H,5-6H2,1-4H3/b18-12+,21-20?. The van der Waals surface area contributed by atoms with Gasteiger partial charge in [-0.2, -0.15) is 0 Å². The fraction of sp³-hybridized carbons (Fsp3) is 0.300. The first-order chi connectivity index (χ1) is 12.5. The van der Waals surface area contributed by atoms with Gasteiger partial charge in [0.25, 0.3) is 5.91 Å². The summed E-state index contributed by atoms with van der Waals surface area (Å²) in [5.74, 6) is 0.257. The molecule has 1 fully saturated rings. The molecule has 26 heavy (non-hydrogen) atoms. The molecule has 1 saturated heterocycles. The van der Waals surface area contributed by atoms with E-state index in [4.69, 9.17) is 0 Å². The SMILES string of the molecule is CCN=C1S/C(=C/c2cc(C)n(-c3ccc(O)cc3)c2C)C(=O)N1CC. The highest BCUT2D eigenvalue weighted by Crippen LogP contribution is 2.34. The number of hydrogen-bond acceptors (Lipinski definition) is 4. The molecule has 0 radical (unpaired) electrons. The Hall–Kier alpha value is -2.47. The molecule has 0 aliphatic carbocycles. The van der Waals surface area contributed by atoms with Crippen molar-refractivity contribution in [1.29, 1.82) is 0 Å². The third-order valence-electron chi connectivity index (χ3n) is 4.36. The molecule has 1 aromatic heterocycles. The maximum Gasteiger partial charge on any atom is 0.266 e. The Balaban J connectivity index is 2.00. The Kier molecular flexibility index (Phi) is 5.23. The van der Waals surface area contributed by atoms with E-state index < -0.39 is 0 Å². The number of aromatic nitrogens is 1. The summed E-state index contributed by atoms with van der Waals surface area (Å²) >= 11 is 1.44. The first-order valence-corrected chi connectivity index (χ1v) is 9.52. The molecule has 0 saturated carbocycles. The zero-order valence-corrected chi connectivity index (χ0v) is 16.3. The fourth-order valence-corrected chi connectivity index (χ4v) is 4.21. The molecule has 5 nitrogen and oxygen atoms in total. The van der Waals surface area contributed by atoms with Crippen LogP contribution in [0.1, 0.15) is 30.8 Å². The van der Waals surface area contributed by atoms with Crippen molar-refractivity contribution in [2.24, 2.45) is 4.99 Å². The number of amides is 1. The number of amidine groups is 1. The van der Waals surface area contributed by atoms with Crippen LogP contribution in [0.3, 0.4) is 0 Å².